The number of ketones is 1. The van der Waals surface area contributed by atoms with Crippen molar-refractivity contribution in [1.82, 2.24) is 0 Å². The van der Waals surface area contributed by atoms with Crippen LogP contribution in [0.3, 0.4) is 0 Å². The quantitative estimate of drug-likeness (QED) is 0.947. The summed E-state index contributed by atoms with van der Waals surface area (Å²) in [6, 6.07) is 11.1. The second-order valence-corrected chi connectivity index (χ2v) is 5.03. The molecule has 22 heavy (non-hydrogen) atoms. The Morgan fingerprint density at radius 1 is 1.18 bits per heavy atom. The van der Waals surface area contributed by atoms with Crippen LogP contribution < -0.4 is 0 Å². The summed E-state index contributed by atoms with van der Waals surface area (Å²) in [4.78, 5) is 27.1. The summed E-state index contributed by atoms with van der Waals surface area (Å²) in [5.41, 5.74) is 2.35. The van der Waals surface area contributed by atoms with Crippen molar-refractivity contribution in [3.63, 3.8) is 0 Å². The molecule has 2 aromatic rings. The fourth-order valence-electron chi connectivity index (χ4n) is 2.51. The van der Waals surface area contributed by atoms with Crippen LogP contribution in [0.25, 0.3) is 0 Å². The van der Waals surface area contributed by atoms with Crippen molar-refractivity contribution in [1.29, 1.82) is 0 Å². The SMILES string of the molecule is O=C(O)c1cc(CC2=NCC(=O)c3ccccc32)ccc1F. The number of hydrogen-bond acceptors (Lipinski definition) is 3. The number of carbonyl (C=O) groups is 2. The number of benzene rings is 2. The van der Waals surface area contributed by atoms with Gasteiger partial charge in [-0.1, -0.05) is 30.3 Å². The monoisotopic (exact) mass is 297 g/mol. The summed E-state index contributed by atoms with van der Waals surface area (Å²) in [5, 5.41) is 8.97. The number of fused-ring (bicyclic) bond motifs is 1. The Morgan fingerprint density at radius 3 is 2.64 bits per heavy atom. The van der Waals surface area contributed by atoms with Crippen LogP contribution in [-0.2, 0) is 6.42 Å². The van der Waals surface area contributed by atoms with Crippen LogP contribution in [-0.4, -0.2) is 29.1 Å². The van der Waals surface area contributed by atoms with E-state index in [2.05, 4.69) is 4.99 Å². The van der Waals surface area contributed by atoms with E-state index in [9.17, 15) is 14.0 Å². The number of halogens is 1. The first-order chi connectivity index (χ1) is 10.6. The molecule has 1 heterocycles. The van der Waals surface area contributed by atoms with E-state index in [4.69, 9.17) is 5.11 Å². The molecule has 0 saturated heterocycles. The highest BCUT2D eigenvalue weighted by molar-refractivity contribution is 6.15. The van der Waals surface area contributed by atoms with E-state index < -0.39 is 11.8 Å². The minimum absolute atomic E-state index is 0.0373. The molecular weight excluding hydrogens is 285 g/mol. The van der Waals surface area contributed by atoms with Crippen LogP contribution in [0.4, 0.5) is 4.39 Å². The Hall–Kier alpha value is -2.82. The van der Waals surface area contributed by atoms with Gasteiger partial charge in [0.25, 0.3) is 0 Å². The van der Waals surface area contributed by atoms with Gasteiger partial charge in [-0.05, 0) is 17.7 Å². The highest BCUT2D eigenvalue weighted by Gasteiger charge is 2.20. The number of aliphatic imine (C=N–C) groups is 1. The molecule has 0 saturated carbocycles. The molecule has 4 nitrogen and oxygen atoms in total. The number of Topliss-reactive ketones (excluding diaryl/α,β-unsaturated/α-hetero) is 1. The minimum Gasteiger partial charge on any atom is -0.478 e. The number of carbonyl (C=O) groups excluding carboxylic acids is 1. The van der Waals surface area contributed by atoms with Crippen LogP contribution in [0.15, 0.2) is 47.5 Å². The van der Waals surface area contributed by atoms with E-state index in [0.29, 0.717) is 23.3 Å². The molecule has 0 aliphatic carbocycles. The minimum atomic E-state index is -1.31. The summed E-state index contributed by atoms with van der Waals surface area (Å²) < 4.78 is 13.4. The van der Waals surface area contributed by atoms with Crippen molar-refractivity contribution in [2.75, 3.05) is 6.54 Å². The van der Waals surface area contributed by atoms with Crippen LogP contribution in [0, 0.1) is 5.82 Å². The topological polar surface area (TPSA) is 66.7 Å². The summed E-state index contributed by atoms with van der Waals surface area (Å²) in [6.45, 7) is 0.0827. The van der Waals surface area contributed by atoms with Gasteiger partial charge in [-0.25, -0.2) is 9.18 Å². The first-order valence-corrected chi connectivity index (χ1v) is 6.74. The molecular formula is C17H12FNO3. The lowest BCUT2D eigenvalue weighted by molar-refractivity contribution is 0.0691. The van der Waals surface area contributed by atoms with Gasteiger partial charge in [-0.2, -0.15) is 0 Å². The highest BCUT2D eigenvalue weighted by Crippen LogP contribution is 2.19. The van der Waals surface area contributed by atoms with Crippen molar-refractivity contribution in [3.8, 4) is 0 Å². The number of carboxylic acids is 1. The van der Waals surface area contributed by atoms with Crippen molar-refractivity contribution in [2.45, 2.75) is 6.42 Å². The summed E-state index contributed by atoms with van der Waals surface area (Å²) >= 11 is 0. The van der Waals surface area contributed by atoms with E-state index in [1.54, 1.807) is 12.1 Å². The van der Waals surface area contributed by atoms with Crippen molar-refractivity contribution < 1.29 is 19.1 Å². The van der Waals surface area contributed by atoms with E-state index in [1.165, 1.54) is 12.1 Å². The van der Waals surface area contributed by atoms with E-state index in [-0.39, 0.29) is 17.9 Å². The zero-order valence-corrected chi connectivity index (χ0v) is 11.5. The summed E-state index contributed by atoms with van der Waals surface area (Å²) in [6.07, 6.45) is 0.352. The third-order valence-corrected chi connectivity index (χ3v) is 3.58. The van der Waals surface area contributed by atoms with Crippen LogP contribution >= 0.6 is 0 Å². The summed E-state index contributed by atoms with van der Waals surface area (Å²) in [7, 11) is 0. The fraction of sp³-hybridized carbons (Fsp3) is 0.118. The van der Waals surface area contributed by atoms with Crippen LogP contribution in [0.5, 0.6) is 0 Å². The first kappa shape index (κ1) is 14.1. The summed E-state index contributed by atoms with van der Waals surface area (Å²) in [5.74, 6) is -2.11. The molecule has 110 valence electrons. The predicted octanol–water partition coefficient (Wildman–Crippen LogP) is 2.75. The third-order valence-electron chi connectivity index (χ3n) is 3.58. The number of hydrogen-bond donors (Lipinski definition) is 1. The van der Waals surface area contributed by atoms with Gasteiger partial charge in [0.15, 0.2) is 5.78 Å². The van der Waals surface area contributed by atoms with Crippen molar-refractivity contribution in [2.24, 2.45) is 4.99 Å². The molecule has 3 rings (SSSR count). The Balaban J connectivity index is 1.96. The molecule has 0 spiro atoms. The van der Waals surface area contributed by atoms with Gasteiger partial charge in [0.05, 0.1) is 5.56 Å². The number of carboxylic acid groups (broad SMARTS) is 1. The zero-order valence-electron chi connectivity index (χ0n) is 11.5. The Labute approximate surface area is 125 Å². The molecule has 1 aliphatic rings. The maximum Gasteiger partial charge on any atom is 0.338 e. The molecule has 0 fully saturated rings. The Bertz CT molecular complexity index is 811. The molecule has 1 N–H and O–H groups in total. The van der Waals surface area contributed by atoms with Crippen LogP contribution in [0.1, 0.15) is 31.8 Å². The lowest BCUT2D eigenvalue weighted by Crippen LogP contribution is -2.20. The van der Waals surface area contributed by atoms with Gasteiger partial charge < -0.3 is 5.11 Å². The molecule has 5 heteroatoms. The number of nitrogens with zero attached hydrogens (tertiary/aromatic N) is 1. The van der Waals surface area contributed by atoms with E-state index in [0.717, 1.165) is 11.6 Å². The van der Waals surface area contributed by atoms with Crippen molar-refractivity contribution in [3.05, 3.63) is 70.5 Å². The van der Waals surface area contributed by atoms with Gasteiger partial charge in [0.2, 0.25) is 0 Å². The fourth-order valence-corrected chi connectivity index (χ4v) is 2.51. The Morgan fingerprint density at radius 2 is 1.91 bits per heavy atom. The van der Waals surface area contributed by atoms with Gasteiger partial charge in [-0.3, -0.25) is 9.79 Å². The molecule has 0 atom stereocenters. The first-order valence-electron chi connectivity index (χ1n) is 6.74. The molecule has 0 bridgehead atoms. The molecule has 0 amide bonds. The van der Waals surface area contributed by atoms with Gasteiger partial charge in [-0.15, -0.1) is 0 Å². The molecule has 0 radical (unpaired) electrons. The predicted molar refractivity (Wildman–Crippen MR) is 79.2 cm³/mol. The lowest BCUT2D eigenvalue weighted by Gasteiger charge is -2.16. The van der Waals surface area contributed by atoms with Gasteiger partial charge in [0.1, 0.15) is 12.4 Å². The average molecular weight is 297 g/mol. The standard InChI is InChI=1S/C17H12FNO3/c18-14-6-5-10(7-13(14)17(21)22)8-15-11-3-1-2-4-12(11)16(20)9-19-15/h1-7H,8-9H2,(H,21,22). The van der Waals surface area contributed by atoms with E-state index in [1.807, 2.05) is 12.1 Å². The zero-order chi connectivity index (χ0) is 15.7. The average Bonchev–Trinajstić information content (AvgIpc) is 2.52. The van der Waals surface area contributed by atoms with E-state index >= 15 is 0 Å². The smallest absolute Gasteiger partial charge is 0.338 e. The lowest BCUT2D eigenvalue weighted by atomic mass is 9.92. The maximum atomic E-state index is 13.4. The maximum absolute atomic E-state index is 13.4. The second kappa shape index (κ2) is 5.52. The third kappa shape index (κ3) is 2.53. The number of aromatic carboxylic acids is 1. The molecule has 2 aromatic carbocycles. The molecule has 1 aliphatic heterocycles. The second-order valence-electron chi connectivity index (χ2n) is 5.03. The van der Waals surface area contributed by atoms with Crippen LogP contribution in [0.2, 0.25) is 0 Å². The molecule has 0 unspecified atom stereocenters. The molecule has 0 aromatic heterocycles. The van der Waals surface area contributed by atoms with Crippen molar-refractivity contribution >= 4 is 17.5 Å². The largest absolute Gasteiger partial charge is 0.478 e. The normalized spacial score (nSPS) is 13.5. The van der Waals surface area contributed by atoms with Gasteiger partial charge in [0, 0.05) is 23.3 Å². The highest BCUT2D eigenvalue weighted by atomic mass is 19.1. The number of rotatable bonds is 3. The van der Waals surface area contributed by atoms with Gasteiger partial charge >= 0.3 is 5.97 Å². The Kier molecular flexibility index (Phi) is 3.55.